The molecule has 0 saturated heterocycles. The Balaban J connectivity index is 2.30. The normalized spacial score (nSPS) is 11.2. The van der Waals surface area contributed by atoms with Gasteiger partial charge in [-0.05, 0) is 12.1 Å². The van der Waals surface area contributed by atoms with Crippen LogP contribution in [0.4, 0.5) is 8.78 Å². The van der Waals surface area contributed by atoms with Crippen molar-refractivity contribution in [1.82, 2.24) is 20.3 Å². The molecule has 1 aromatic carbocycles. The van der Waals surface area contributed by atoms with Gasteiger partial charge in [0.15, 0.2) is 5.82 Å². The maximum atomic E-state index is 13.6. The van der Waals surface area contributed by atoms with Gasteiger partial charge in [-0.1, -0.05) is 19.1 Å². The van der Waals surface area contributed by atoms with E-state index in [2.05, 4.69) is 15.6 Å². The minimum atomic E-state index is -0.661. The second-order valence-corrected chi connectivity index (χ2v) is 4.27. The summed E-state index contributed by atoms with van der Waals surface area (Å²) in [6.45, 7) is 4.53. The standard InChI is InChI=1S/C12H14F2N4/c1-8(2)15-6-10-7-16-17-18(10)12-4-3-9(13)5-11(12)14/h3-5,7-8,15H,6H2,1-2H3. The smallest absolute Gasteiger partial charge is 0.151 e. The number of nitrogens with zero attached hydrogens (tertiary/aromatic N) is 3. The SMILES string of the molecule is CC(C)NCc1cnnn1-c1ccc(F)cc1F. The minimum Gasteiger partial charge on any atom is -0.309 e. The number of halogens is 2. The van der Waals surface area contributed by atoms with Gasteiger partial charge in [-0.2, -0.15) is 0 Å². The predicted molar refractivity (Wildman–Crippen MR) is 63.3 cm³/mol. The molecule has 2 rings (SSSR count). The average Bonchev–Trinajstić information content (AvgIpc) is 2.74. The molecule has 1 heterocycles. The van der Waals surface area contributed by atoms with E-state index in [1.165, 1.54) is 16.8 Å². The predicted octanol–water partition coefficient (Wildman–Crippen LogP) is 2.04. The van der Waals surface area contributed by atoms with Crippen molar-refractivity contribution >= 4 is 0 Å². The van der Waals surface area contributed by atoms with Gasteiger partial charge in [0.05, 0.1) is 11.9 Å². The Morgan fingerprint density at radius 3 is 2.78 bits per heavy atom. The number of aromatic nitrogens is 3. The largest absolute Gasteiger partial charge is 0.309 e. The van der Waals surface area contributed by atoms with E-state index in [1.54, 1.807) is 6.20 Å². The first kappa shape index (κ1) is 12.6. The lowest BCUT2D eigenvalue weighted by atomic mass is 10.3. The molecule has 0 aliphatic rings. The van der Waals surface area contributed by atoms with Gasteiger partial charge in [-0.15, -0.1) is 5.10 Å². The molecule has 0 saturated carbocycles. The van der Waals surface area contributed by atoms with Crippen LogP contribution in [0.15, 0.2) is 24.4 Å². The summed E-state index contributed by atoms with van der Waals surface area (Å²) in [5.41, 5.74) is 0.906. The van der Waals surface area contributed by atoms with Gasteiger partial charge in [0.25, 0.3) is 0 Å². The van der Waals surface area contributed by atoms with Crippen molar-refractivity contribution in [2.45, 2.75) is 26.4 Å². The molecule has 0 aliphatic carbocycles. The number of hydrogen-bond donors (Lipinski definition) is 1. The Labute approximate surface area is 104 Å². The first-order chi connectivity index (χ1) is 8.58. The highest BCUT2D eigenvalue weighted by atomic mass is 19.1. The summed E-state index contributed by atoms with van der Waals surface area (Å²) in [5.74, 6) is -1.27. The lowest BCUT2D eigenvalue weighted by Crippen LogP contribution is -2.23. The zero-order chi connectivity index (χ0) is 13.1. The third-order valence-electron chi connectivity index (χ3n) is 2.45. The Bertz CT molecular complexity index is 537. The van der Waals surface area contributed by atoms with E-state index in [0.29, 0.717) is 18.3 Å². The van der Waals surface area contributed by atoms with Crippen LogP contribution in [-0.2, 0) is 6.54 Å². The van der Waals surface area contributed by atoms with Crippen molar-refractivity contribution in [2.75, 3.05) is 0 Å². The third kappa shape index (κ3) is 2.70. The maximum Gasteiger partial charge on any atom is 0.151 e. The fourth-order valence-corrected chi connectivity index (χ4v) is 1.54. The number of nitrogens with one attached hydrogen (secondary N) is 1. The van der Waals surface area contributed by atoms with Crippen molar-refractivity contribution in [1.29, 1.82) is 0 Å². The molecule has 0 aliphatic heterocycles. The molecule has 18 heavy (non-hydrogen) atoms. The number of rotatable bonds is 4. The minimum absolute atomic E-state index is 0.189. The molecule has 0 fully saturated rings. The second-order valence-electron chi connectivity index (χ2n) is 4.27. The number of benzene rings is 1. The van der Waals surface area contributed by atoms with E-state index >= 15 is 0 Å². The first-order valence-corrected chi connectivity index (χ1v) is 5.66. The molecular weight excluding hydrogens is 238 g/mol. The molecule has 2 aromatic rings. The average molecular weight is 252 g/mol. The van der Waals surface area contributed by atoms with Crippen molar-refractivity contribution in [3.8, 4) is 5.69 Å². The van der Waals surface area contributed by atoms with Gasteiger partial charge >= 0.3 is 0 Å². The van der Waals surface area contributed by atoms with E-state index in [1.807, 2.05) is 13.8 Å². The summed E-state index contributed by atoms with van der Waals surface area (Å²) >= 11 is 0. The van der Waals surface area contributed by atoms with Crippen LogP contribution in [0.3, 0.4) is 0 Å². The van der Waals surface area contributed by atoms with Crippen LogP contribution in [-0.4, -0.2) is 21.0 Å². The van der Waals surface area contributed by atoms with Gasteiger partial charge in [0.1, 0.15) is 11.5 Å². The van der Waals surface area contributed by atoms with E-state index in [4.69, 9.17) is 0 Å². The summed E-state index contributed by atoms with van der Waals surface area (Å²) in [5, 5.41) is 10.8. The highest BCUT2D eigenvalue weighted by Crippen LogP contribution is 2.15. The molecule has 0 atom stereocenters. The van der Waals surface area contributed by atoms with E-state index < -0.39 is 11.6 Å². The molecule has 4 nitrogen and oxygen atoms in total. The zero-order valence-electron chi connectivity index (χ0n) is 10.2. The summed E-state index contributed by atoms with van der Waals surface area (Å²) in [4.78, 5) is 0. The maximum absolute atomic E-state index is 13.6. The molecule has 0 amide bonds. The van der Waals surface area contributed by atoms with Crippen LogP contribution < -0.4 is 5.32 Å². The molecule has 1 aromatic heterocycles. The summed E-state index contributed by atoms with van der Waals surface area (Å²) < 4.78 is 27.9. The lowest BCUT2D eigenvalue weighted by Gasteiger charge is -2.10. The molecule has 0 spiro atoms. The van der Waals surface area contributed by atoms with Crippen LogP contribution in [0.1, 0.15) is 19.5 Å². The van der Waals surface area contributed by atoms with Crippen molar-refractivity contribution in [2.24, 2.45) is 0 Å². The highest BCUT2D eigenvalue weighted by molar-refractivity contribution is 5.34. The van der Waals surface area contributed by atoms with E-state index in [0.717, 1.165) is 6.07 Å². The van der Waals surface area contributed by atoms with Crippen LogP contribution in [0.5, 0.6) is 0 Å². The lowest BCUT2D eigenvalue weighted by molar-refractivity contribution is 0.552. The summed E-state index contributed by atoms with van der Waals surface area (Å²) in [6.07, 6.45) is 1.55. The highest BCUT2D eigenvalue weighted by Gasteiger charge is 2.11. The van der Waals surface area contributed by atoms with Crippen molar-refractivity contribution in [3.63, 3.8) is 0 Å². The van der Waals surface area contributed by atoms with Gasteiger partial charge in [-0.25, -0.2) is 13.5 Å². The van der Waals surface area contributed by atoms with Crippen LogP contribution in [0.25, 0.3) is 5.69 Å². The Kier molecular flexibility index (Phi) is 3.66. The van der Waals surface area contributed by atoms with E-state index in [9.17, 15) is 8.78 Å². The van der Waals surface area contributed by atoms with Crippen LogP contribution in [0.2, 0.25) is 0 Å². The molecule has 0 radical (unpaired) electrons. The fourth-order valence-electron chi connectivity index (χ4n) is 1.54. The zero-order valence-corrected chi connectivity index (χ0v) is 10.2. The molecule has 96 valence electrons. The first-order valence-electron chi connectivity index (χ1n) is 5.66. The molecular formula is C12H14F2N4. The van der Waals surface area contributed by atoms with Crippen LogP contribution in [0, 0.1) is 11.6 Å². The van der Waals surface area contributed by atoms with Gasteiger partial charge in [0, 0.05) is 18.7 Å². The molecule has 6 heteroatoms. The Morgan fingerprint density at radius 2 is 2.11 bits per heavy atom. The topological polar surface area (TPSA) is 42.7 Å². The van der Waals surface area contributed by atoms with Gasteiger partial charge in [-0.3, -0.25) is 0 Å². The van der Waals surface area contributed by atoms with Gasteiger partial charge < -0.3 is 5.32 Å². The molecule has 1 N–H and O–H groups in total. The van der Waals surface area contributed by atoms with Gasteiger partial charge in [0.2, 0.25) is 0 Å². The van der Waals surface area contributed by atoms with Crippen molar-refractivity contribution in [3.05, 3.63) is 41.7 Å². The monoisotopic (exact) mass is 252 g/mol. The summed E-state index contributed by atoms with van der Waals surface area (Å²) in [7, 11) is 0. The second kappa shape index (κ2) is 5.22. The number of hydrogen-bond acceptors (Lipinski definition) is 3. The van der Waals surface area contributed by atoms with Crippen molar-refractivity contribution < 1.29 is 8.78 Å². The third-order valence-corrected chi connectivity index (χ3v) is 2.45. The van der Waals surface area contributed by atoms with E-state index in [-0.39, 0.29) is 5.69 Å². The molecule has 0 unspecified atom stereocenters. The fraction of sp³-hybridized carbons (Fsp3) is 0.333. The summed E-state index contributed by atoms with van der Waals surface area (Å²) in [6, 6.07) is 3.67. The van der Waals surface area contributed by atoms with Crippen LogP contribution >= 0.6 is 0 Å². The quantitative estimate of drug-likeness (QED) is 0.905. The Morgan fingerprint density at radius 1 is 1.33 bits per heavy atom. The Hall–Kier alpha value is -1.82. The molecule has 0 bridgehead atoms.